The largest absolute Gasteiger partial charge is 0.399 e. The van der Waals surface area contributed by atoms with E-state index < -0.39 is 10.1 Å². The van der Waals surface area contributed by atoms with E-state index in [1.54, 1.807) is 6.07 Å². The first-order valence-electron chi connectivity index (χ1n) is 4.48. The summed E-state index contributed by atoms with van der Waals surface area (Å²) in [6.07, 6.45) is 0.673. The summed E-state index contributed by atoms with van der Waals surface area (Å²) in [7, 11) is -3.86. The summed E-state index contributed by atoms with van der Waals surface area (Å²) in [4.78, 5) is 4.50. The molecular weight excluding hydrogens is 218 g/mol. The summed E-state index contributed by atoms with van der Waals surface area (Å²) in [6, 6.07) is 5.82. The van der Waals surface area contributed by atoms with Gasteiger partial charge in [0, 0.05) is 5.69 Å². The van der Waals surface area contributed by atoms with Gasteiger partial charge in [-0.1, -0.05) is 13.0 Å². The van der Waals surface area contributed by atoms with E-state index in [1.165, 1.54) is 18.2 Å². The molecular formula is C9H13NO4S. The van der Waals surface area contributed by atoms with E-state index in [4.69, 9.17) is 5.73 Å². The molecule has 0 aliphatic heterocycles. The zero-order valence-corrected chi connectivity index (χ0v) is 9.16. The van der Waals surface area contributed by atoms with Crippen molar-refractivity contribution in [1.29, 1.82) is 0 Å². The van der Waals surface area contributed by atoms with E-state index >= 15 is 0 Å². The molecule has 0 fully saturated rings. The zero-order valence-electron chi connectivity index (χ0n) is 8.34. The van der Waals surface area contributed by atoms with E-state index in [1.807, 2.05) is 6.92 Å². The first-order valence-corrected chi connectivity index (χ1v) is 5.88. The van der Waals surface area contributed by atoms with Crippen LogP contribution in [0.15, 0.2) is 29.2 Å². The number of nitrogens with two attached hydrogens (primary N) is 1. The van der Waals surface area contributed by atoms with Gasteiger partial charge in [0.15, 0.2) is 0 Å². The molecule has 0 unspecified atom stereocenters. The molecule has 0 aliphatic rings. The SMILES string of the molecule is CCCOOS(=O)(=O)c1cccc(N)c1. The minimum Gasteiger partial charge on any atom is -0.399 e. The van der Waals surface area contributed by atoms with Crippen molar-refractivity contribution in [2.45, 2.75) is 18.2 Å². The van der Waals surface area contributed by atoms with Gasteiger partial charge in [-0.3, -0.25) is 0 Å². The quantitative estimate of drug-likeness (QED) is 0.358. The molecule has 0 bridgehead atoms. The van der Waals surface area contributed by atoms with Crippen LogP contribution in [0.2, 0.25) is 0 Å². The summed E-state index contributed by atoms with van der Waals surface area (Å²) < 4.78 is 27.2. The maximum atomic E-state index is 11.5. The van der Waals surface area contributed by atoms with Crippen LogP contribution in [-0.2, 0) is 19.3 Å². The molecule has 0 spiro atoms. The Hall–Kier alpha value is -1.11. The zero-order chi connectivity index (χ0) is 11.3. The summed E-state index contributed by atoms with van der Waals surface area (Å²) >= 11 is 0. The van der Waals surface area contributed by atoms with Gasteiger partial charge in [-0.15, -0.1) is 4.33 Å². The molecule has 15 heavy (non-hydrogen) atoms. The van der Waals surface area contributed by atoms with E-state index in [9.17, 15) is 8.42 Å². The van der Waals surface area contributed by atoms with Crippen LogP contribution in [-0.4, -0.2) is 15.0 Å². The van der Waals surface area contributed by atoms with Gasteiger partial charge in [0.05, 0.1) is 11.5 Å². The predicted molar refractivity (Wildman–Crippen MR) is 55.4 cm³/mol. The monoisotopic (exact) mass is 231 g/mol. The van der Waals surface area contributed by atoms with Crippen molar-refractivity contribution in [2.75, 3.05) is 12.3 Å². The Bertz CT molecular complexity index is 416. The van der Waals surface area contributed by atoms with Crippen molar-refractivity contribution in [2.24, 2.45) is 0 Å². The average molecular weight is 231 g/mol. The average Bonchev–Trinajstić information content (AvgIpc) is 2.18. The molecule has 0 aromatic heterocycles. The van der Waals surface area contributed by atoms with Gasteiger partial charge >= 0.3 is 10.1 Å². The molecule has 0 saturated carbocycles. The summed E-state index contributed by atoms with van der Waals surface area (Å²) in [6.45, 7) is 2.07. The molecule has 0 amide bonds. The van der Waals surface area contributed by atoms with Crippen LogP contribution in [0.5, 0.6) is 0 Å². The van der Waals surface area contributed by atoms with Crippen molar-refractivity contribution >= 4 is 15.8 Å². The molecule has 1 rings (SSSR count). The van der Waals surface area contributed by atoms with Crippen molar-refractivity contribution in [1.82, 2.24) is 0 Å². The predicted octanol–water partition coefficient (Wildman–Crippen LogP) is 1.32. The fraction of sp³-hybridized carbons (Fsp3) is 0.333. The highest BCUT2D eigenvalue weighted by molar-refractivity contribution is 7.86. The molecule has 0 saturated heterocycles. The molecule has 0 heterocycles. The minimum absolute atomic E-state index is 0.0152. The molecule has 84 valence electrons. The fourth-order valence-electron chi connectivity index (χ4n) is 0.890. The Morgan fingerprint density at radius 2 is 2.13 bits per heavy atom. The van der Waals surface area contributed by atoms with Crippen molar-refractivity contribution < 1.29 is 17.6 Å². The highest BCUT2D eigenvalue weighted by atomic mass is 32.2. The van der Waals surface area contributed by atoms with Crippen LogP contribution in [0.25, 0.3) is 0 Å². The van der Waals surface area contributed by atoms with Crippen molar-refractivity contribution in [3.63, 3.8) is 0 Å². The van der Waals surface area contributed by atoms with Crippen LogP contribution in [0.1, 0.15) is 13.3 Å². The number of rotatable bonds is 5. The van der Waals surface area contributed by atoms with Crippen LogP contribution < -0.4 is 5.73 Å². The van der Waals surface area contributed by atoms with Crippen LogP contribution >= 0.6 is 0 Å². The lowest BCUT2D eigenvalue weighted by Gasteiger charge is -2.04. The summed E-state index contributed by atoms with van der Waals surface area (Å²) in [5, 5.41) is 0. The molecule has 2 N–H and O–H groups in total. The van der Waals surface area contributed by atoms with E-state index in [0.717, 1.165) is 0 Å². The fourth-order valence-corrected chi connectivity index (χ4v) is 1.69. The summed E-state index contributed by atoms with van der Waals surface area (Å²) in [5.74, 6) is 0. The van der Waals surface area contributed by atoms with Gasteiger partial charge in [-0.2, -0.15) is 8.42 Å². The third-order valence-electron chi connectivity index (χ3n) is 1.57. The Labute approximate surface area is 88.9 Å². The van der Waals surface area contributed by atoms with Gasteiger partial charge in [0.2, 0.25) is 0 Å². The Morgan fingerprint density at radius 3 is 2.73 bits per heavy atom. The maximum absolute atomic E-state index is 11.5. The minimum atomic E-state index is -3.86. The molecule has 0 aliphatic carbocycles. The van der Waals surface area contributed by atoms with Crippen molar-refractivity contribution in [3.8, 4) is 0 Å². The normalized spacial score (nSPS) is 11.5. The Morgan fingerprint density at radius 1 is 1.40 bits per heavy atom. The number of benzene rings is 1. The van der Waals surface area contributed by atoms with Gasteiger partial charge in [0.25, 0.3) is 0 Å². The smallest absolute Gasteiger partial charge is 0.323 e. The van der Waals surface area contributed by atoms with E-state index in [2.05, 4.69) is 9.22 Å². The third kappa shape index (κ3) is 3.50. The topological polar surface area (TPSA) is 78.6 Å². The second-order valence-corrected chi connectivity index (χ2v) is 4.43. The highest BCUT2D eigenvalue weighted by Crippen LogP contribution is 2.15. The maximum Gasteiger partial charge on any atom is 0.323 e. The summed E-state index contributed by atoms with van der Waals surface area (Å²) in [5.41, 5.74) is 5.81. The third-order valence-corrected chi connectivity index (χ3v) is 2.68. The highest BCUT2D eigenvalue weighted by Gasteiger charge is 2.16. The number of nitrogen functional groups attached to an aromatic ring is 1. The van der Waals surface area contributed by atoms with Gasteiger partial charge < -0.3 is 5.73 Å². The van der Waals surface area contributed by atoms with Crippen LogP contribution in [0, 0.1) is 0 Å². The van der Waals surface area contributed by atoms with Gasteiger partial charge in [-0.05, 0) is 24.6 Å². The number of hydrogen-bond donors (Lipinski definition) is 1. The number of anilines is 1. The second kappa shape index (κ2) is 5.11. The molecule has 5 nitrogen and oxygen atoms in total. The first kappa shape index (κ1) is 12.0. The van der Waals surface area contributed by atoms with E-state index in [0.29, 0.717) is 12.1 Å². The van der Waals surface area contributed by atoms with Gasteiger partial charge in [-0.25, -0.2) is 4.89 Å². The van der Waals surface area contributed by atoms with E-state index in [-0.39, 0.29) is 11.5 Å². The second-order valence-electron chi connectivity index (χ2n) is 2.92. The lowest BCUT2D eigenvalue weighted by atomic mass is 10.3. The lowest BCUT2D eigenvalue weighted by Crippen LogP contribution is -2.08. The molecule has 1 aromatic carbocycles. The molecule has 0 atom stereocenters. The van der Waals surface area contributed by atoms with Crippen LogP contribution in [0.3, 0.4) is 0 Å². The Balaban J connectivity index is 2.77. The lowest BCUT2D eigenvalue weighted by molar-refractivity contribution is -0.201. The first-order chi connectivity index (χ1) is 7.06. The van der Waals surface area contributed by atoms with Crippen LogP contribution in [0.4, 0.5) is 5.69 Å². The Kier molecular flexibility index (Phi) is 4.07. The standard InChI is InChI=1S/C9H13NO4S/c1-2-6-13-14-15(11,12)9-5-3-4-8(10)7-9/h3-5,7H,2,6,10H2,1H3. The number of hydrogen-bond acceptors (Lipinski definition) is 5. The molecule has 0 radical (unpaired) electrons. The molecule has 1 aromatic rings. The van der Waals surface area contributed by atoms with Gasteiger partial charge in [0.1, 0.15) is 0 Å². The van der Waals surface area contributed by atoms with Crippen molar-refractivity contribution in [3.05, 3.63) is 24.3 Å². The molecule has 6 heteroatoms.